The molecule has 0 amide bonds. The molecule has 1 N–H and O–H groups in total. The van der Waals surface area contributed by atoms with Gasteiger partial charge in [-0.3, -0.25) is 5.41 Å². The van der Waals surface area contributed by atoms with Crippen molar-refractivity contribution in [3.05, 3.63) is 0 Å². The van der Waals surface area contributed by atoms with Crippen LogP contribution in [0, 0.1) is 5.41 Å². The van der Waals surface area contributed by atoms with Crippen LogP contribution >= 0.6 is 0 Å². The van der Waals surface area contributed by atoms with Crippen molar-refractivity contribution in [2.75, 3.05) is 0 Å². The van der Waals surface area contributed by atoms with E-state index >= 15 is 0 Å². The fraction of sp³-hybridized carbons (Fsp3) is 0.400. The fourth-order valence-corrected chi connectivity index (χ4v) is 0.314. The quantitative estimate of drug-likeness (QED) is 0.389. The Kier molecular flexibility index (Phi) is 3.66. The normalized spacial score (nSPS) is 12.5. The molecule has 3 heteroatoms. The van der Waals surface area contributed by atoms with Gasteiger partial charge in [0.1, 0.15) is 12.2 Å². The minimum Gasteiger partial charge on any atom is -0.289 e. The van der Waals surface area contributed by atoms with E-state index in [0.717, 1.165) is 6.34 Å². The summed E-state index contributed by atoms with van der Waals surface area (Å²) < 4.78 is 0. The standard InChI is InChI=1S/C5H9N3/c1-3-7-5(2)8-4-6/h3-4,6H,1-2H3. The van der Waals surface area contributed by atoms with Gasteiger partial charge in [0.2, 0.25) is 0 Å². The lowest BCUT2D eigenvalue weighted by molar-refractivity contribution is 1.47. The van der Waals surface area contributed by atoms with Crippen molar-refractivity contribution < 1.29 is 0 Å². The van der Waals surface area contributed by atoms with Crippen LogP contribution in [0.3, 0.4) is 0 Å². The molecule has 0 aromatic rings. The molecule has 44 valence electrons. The molecular formula is C5H9N3. The lowest BCUT2D eigenvalue weighted by Crippen LogP contribution is -1.83. The average Bonchev–Trinajstić information content (AvgIpc) is 1.68. The second kappa shape index (κ2) is 4.18. The number of hydrogen-bond donors (Lipinski definition) is 1. The second-order valence-electron chi connectivity index (χ2n) is 1.19. The summed E-state index contributed by atoms with van der Waals surface area (Å²) in [7, 11) is 0. The van der Waals surface area contributed by atoms with E-state index in [1.807, 2.05) is 6.92 Å². The number of nitrogens with zero attached hydrogens (tertiary/aromatic N) is 2. The van der Waals surface area contributed by atoms with Gasteiger partial charge in [-0.15, -0.1) is 0 Å². The molecular weight excluding hydrogens is 102 g/mol. The number of hydrogen-bond acceptors (Lipinski definition) is 1. The first-order chi connectivity index (χ1) is 3.81. The highest BCUT2D eigenvalue weighted by Gasteiger charge is 1.74. The monoisotopic (exact) mass is 111 g/mol. The molecule has 0 saturated carbocycles. The number of rotatable bonds is 1. The van der Waals surface area contributed by atoms with Crippen molar-refractivity contribution >= 4 is 18.4 Å². The predicted molar refractivity (Wildman–Crippen MR) is 36.1 cm³/mol. The Balaban J connectivity index is 3.79. The van der Waals surface area contributed by atoms with Crippen LogP contribution in [0.2, 0.25) is 0 Å². The van der Waals surface area contributed by atoms with Crippen LogP contribution in [-0.2, 0) is 0 Å². The van der Waals surface area contributed by atoms with Crippen molar-refractivity contribution in [2.45, 2.75) is 13.8 Å². The molecule has 0 radical (unpaired) electrons. The molecule has 0 heterocycles. The van der Waals surface area contributed by atoms with Crippen LogP contribution in [0.1, 0.15) is 13.8 Å². The lowest BCUT2D eigenvalue weighted by Gasteiger charge is -1.81. The number of amidine groups is 1. The van der Waals surface area contributed by atoms with E-state index in [-0.39, 0.29) is 0 Å². The molecule has 0 rings (SSSR count). The van der Waals surface area contributed by atoms with Gasteiger partial charge < -0.3 is 0 Å². The van der Waals surface area contributed by atoms with Crippen molar-refractivity contribution in [1.82, 2.24) is 0 Å². The van der Waals surface area contributed by atoms with Crippen LogP contribution in [0.15, 0.2) is 9.98 Å². The van der Waals surface area contributed by atoms with Crippen LogP contribution in [0.25, 0.3) is 0 Å². The highest BCUT2D eigenvalue weighted by atomic mass is 14.9. The van der Waals surface area contributed by atoms with Gasteiger partial charge in [-0.1, -0.05) is 0 Å². The number of aliphatic imine (C=N–C) groups is 2. The van der Waals surface area contributed by atoms with E-state index in [1.54, 1.807) is 13.1 Å². The van der Waals surface area contributed by atoms with Gasteiger partial charge in [0.15, 0.2) is 0 Å². The Bertz CT molecular complexity index is 124. The Labute approximate surface area is 48.7 Å². The maximum absolute atomic E-state index is 6.53. The molecule has 0 fully saturated rings. The van der Waals surface area contributed by atoms with Crippen LogP contribution in [0.4, 0.5) is 0 Å². The first-order valence-corrected chi connectivity index (χ1v) is 2.33. The Morgan fingerprint density at radius 1 is 1.62 bits per heavy atom. The topological polar surface area (TPSA) is 48.6 Å². The maximum Gasteiger partial charge on any atom is 0.126 e. The lowest BCUT2D eigenvalue weighted by atomic mass is 10.7. The van der Waals surface area contributed by atoms with Crippen LogP contribution in [0.5, 0.6) is 0 Å². The largest absolute Gasteiger partial charge is 0.289 e. The molecule has 0 atom stereocenters. The Morgan fingerprint density at radius 3 is 2.62 bits per heavy atom. The molecule has 8 heavy (non-hydrogen) atoms. The van der Waals surface area contributed by atoms with Crippen molar-refractivity contribution in [1.29, 1.82) is 5.41 Å². The summed E-state index contributed by atoms with van der Waals surface area (Å²) in [5, 5.41) is 6.53. The third-order valence-corrected chi connectivity index (χ3v) is 0.567. The first-order valence-electron chi connectivity index (χ1n) is 2.33. The first kappa shape index (κ1) is 7.01. The molecule has 0 spiro atoms. The van der Waals surface area contributed by atoms with Gasteiger partial charge in [0.05, 0.1) is 0 Å². The molecule has 0 aliphatic carbocycles. The predicted octanol–water partition coefficient (Wildman–Crippen LogP) is 1.10. The van der Waals surface area contributed by atoms with Gasteiger partial charge in [-0.25, -0.2) is 9.98 Å². The molecule has 0 bridgehead atoms. The van der Waals surface area contributed by atoms with Crippen molar-refractivity contribution in [2.24, 2.45) is 9.98 Å². The zero-order valence-corrected chi connectivity index (χ0v) is 5.05. The van der Waals surface area contributed by atoms with Crippen molar-refractivity contribution in [3.63, 3.8) is 0 Å². The van der Waals surface area contributed by atoms with Crippen LogP contribution < -0.4 is 0 Å². The summed E-state index contributed by atoms with van der Waals surface area (Å²) in [6.45, 7) is 3.55. The van der Waals surface area contributed by atoms with Gasteiger partial charge in [-0.05, 0) is 13.8 Å². The molecule has 0 aliphatic heterocycles. The molecule has 0 unspecified atom stereocenters. The zero-order valence-electron chi connectivity index (χ0n) is 5.05. The summed E-state index contributed by atoms with van der Waals surface area (Å²) >= 11 is 0. The van der Waals surface area contributed by atoms with Gasteiger partial charge in [-0.2, -0.15) is 0 Å². The van der Waals surface area contributed by atoms with E-state index in [0.29, 0.717) is 5.84 Å². The van der Waals surface area contributed by atoms with Gasteiger partial charge in [0.25, 0.3) is 0 Å². The molecule has 0 aliphatic rings. The summed E-state index contributed by atoms with van der Waals surface area (Å²) in [6, 6.07) is 0. The highest BCUT2D eigenvalue weighted by Crippen LogP contribution is 1.73. The Morgan fingerprint density at radius 2 is 2.25 bits per heavy atom. The second-order valence-corrected chi connectivity index (χ2v) is 1.19. The van der Waals surface area contributed by atoms with E-state index in [9.17, 15) is 0 Å². The summed E-state index contributed by atoms with van der Waals surface area (Å²) in [5.41, 5.74) is 0. The smallest absolute Gasteiger partial charge is 0.126 e. The van der Waals surface area contributed by atoms with E-state index in [2.05, 4.69) is 9.98 Å². The fourth-order valence-electron chi connectivity index (χ4n) is 0.314. The van der Waals surface area contributed by atoms with Crippen molar-refractivity contribution in [3.8, 4) is 0 Å². The van der Waals surface area contributed by atoms with Gasteiger partial charge >= 0.3 is 0 Å². The highest BCUT2D eigenvalue weighted by molar-refractivity contribution is 5.91. The minimum absolute atomic E-state index is 0.613. The third-order valence-electron chi connectivity index (χ3n) is 0.567. The number of nitrogens with one attached hydrogen (secondary N) is 1. The maximum atomic E-state index is 6.53. The third kappa shape index (κ3) is 3.21. The molecule has 0 aromatic carbocycles. The molecule has 0 aromatic heterocycles. The summed E-state index contributed by atoms with van der Waals surface area (Å²) in [6.07, 6.45) is 2.62. The van der Waals surface area contributed by atoms with Crippen LogP contribution in [-0.4, -0.2) is 18.4 Å². The average molecular weight is 111 g/mol. The molecule has 3 nitrogen and oxygen atoms in total. The van der Waals surface area contributed by atoms with Gasteiger partial charge in [0, 0.05) is 6.21 Å². The Hall–Kier alpha value is -0.990. The summed E-state index contributed by atoms with van der Waals surface area (Å²) in [5.74, 6) is 0.613. The minimum atomic E-state index is 0.613. The SMILES string of the molecule is CC=NC(C)=NC=N. The van der Waals surface area contributed by atoms with E-state index in [1.165, 1.54) is 0 Å². The van der Waals surface area contributed by atoms with E-state index in [4.69, 9.17) is 5.41 Å². The summed E-state index contributed by atoms with van der Waals surface area (Å²) in [4.78, 5) is 7.36. The molecule has 0 saturated heterocycles. The van der Waals surface area contributed by atoms with E-state index < -0.39 is 0 Å². The zero-order chi connectivity index (χ0) is 6.41.